The number of carboxylic acid groups (broad SMARTS) is 1. The molecule has 44 heavy (non-hydrogen) atoms. The van der Waals surface area contributed by atoms with E-state index in [4.69, 9.17) is 10.5 Å². The van der Waals surface area contributed by atoms with Crippen LogP contribution < -0.4 is 21.7 Å². The summed E-state index contributed by atoms with van der Waals surface area (Å²) in [5.41, 5.74) is 7.43. The second-order valence-electron chi connectivity index (χ2n) is 10.1. The first kappa shape index (κ1) is 33.3. The summed E-state index contributed by atoms with van der Waals surface area (Å²) in [6, 6.07) is 22.7. The number of aliphatic hydroxyl groups excluding tert-OH is 1. The Hall–Kier alpha value is -5.23. The molecule has 0 aliphatic carbocycles. The van der Waals surface area contributed by atoms with Crippen LogP contribution >= 0.6 is 0 Å². The normalized spacial score (nSPS) is 13.4. The lowest BCUT2D eigenvalue weighted by molar-refractivity contribution is -0.138. The van der Waals surface area contributed by atoms with E-state index < -0.39 is 66.9 Å². The number of rotatable bonds is 16. The van der Waals surface area contributed by atoms with Gasteiger partial charge in [-0.15, -0.1) is 0 Å². The first-order valence-corrected chi connectivity index (χ1v) is 14.0. The van der Waals surface area contributed by atoms with Gasteiger partial charge in [-0.05, 0) is 29.5 Å². The van der Waals surface area contributed by atoms with Gasteiger partial charge in [0.2, 0.25) is 17.7 Å². The van der Waals surface area contributed by atoms with Gasteiger partial charge < -0.3 is 36.6 Å². The molecule has 12 nitrogen and oxygen atoms in total. The summed E-state index contributed by atoms with van der Waals surface area (Å²) in [6.07, 6.45) is -3.34. The Labute approximate surface area is 254 Å². The summed E-state index contributed by atoms with van der Waals surface area (Å²) >= 11 is 0. The maximum absolute atomic E-state index is 13.1. The van der Waals surface area contributed by atoms with Gasteiger partial charge in [0.25, 0.3) is 0 Å². The van der Waals surface area contributed by atoms with E-state index in [0.29, 0.717) is 5.56 Å². The van der Waals surface area contributed by atoms with Crippen molar-refractivity contribution >= 4 is 29.8 Å². The monoisotopic (exact) mass is 604 g/mol. The fraction of sp³-hybridized carbons (Fsp3) is 0.281. The Morgan fingerprint density at radius 1 is 0.773 bits per heavy atom. The Balaban J connectivity index is 1.68. The van der Waals surface area contributed by atoms with E-state index in [1.54, 1.807) is 78.9 Å². The maximum Gasteiger partial charge on any atom is 0.407 e. The van der Waals surface area contributed by atoms with Crippen molar-refractivity contribution in [2.24, 2.45) is 5.73 Å². The van der Waals surface area contributed by atoms with E-state index >= 15 is 0 Å². The molecule has 7 N–H and O–H groups in total. The zero-order chi connectivity index (χ0) is 31.9. The molecule has 0 saturated heterocycles. The van der Waals surface area contributed by atoms with Crippen molar-refractivity contribution < 1.29 is 38.9 Å². The Morgan fingerprint density at radius 2 is 1.34 bits per heavy atom. The summed E-state index contributed by atoms with van der Waals surface area (Å²) < 4.78 is 5.29. The third-order valence-corrected chi connectivity index (χ3v) is 6.68. The van der Waals surface area contributed by atoms with Crippen LogP contribution in [0.15, 0.2) is 91.0 Å². The first-order valence-electron chi connectivity index (χ1n) is 14.0. The largest absolute Gasteiger partial charge is 0.481 e. The summed E-state index contributed by atoms with van der Waals surface area (Å²) in [5.74, 6) is -3.66. The minimum atomic E-state index is -1.41. The van der Waals surface area contributed by atoms with E-state index in [9.17, 15) is 34.2 Å². The number of nitrogens with two attached hydrogens (primary N) is 1. The van der Waals surface area contributed by atoms with Crippen LogP contribution in [0.4, 0.5) is 4.79 Å². The number of primary amides is 1. The molecule has 0 saturated carbocycles. The van der Waals surface area contributed by atoms with Crippen molar-refractivity contribution in [3.05, 3.63) is 108 Å². The second-order valence-corrected chi connectivity index (χ2v) is 10.1. The fourth-order valence-corrected chi connectivity index (χ4v) is 4.40. The number of benzene rings is 3. The highest BCUT2D eigenvalue weighted by atomic mass is 16.5. The maximum atomic E-state index is 13.1. The van der Waals surface area contributed by atoms with Gasteiger partial charge in [-0.1, -0.05) is 91.0 Å². The predicted molar refractivity (Wildman–Crippen MR) is 160 cm³/mol. The zero-order valence-corrected chi connectivity index (χ0v) is 23.9. The summed E-state index contributed by atoms with van der Waals surface area (Å²) in [6.45, 7) is -0.00302. The van der Waals surface area contributed by atoms with E-state index in [1.807, 2.05) is 12.1 Å². The molecule has 0 aliphatic rings. The molecule has 4 atom stereocenters. The van der Waals surface area contributed by atoms with Crippen LogP contribution in [-0.4, -0.2) is 58.2 Å². The average Bonchev–Trinajstić information content (AvgIpc) is 3.01. The Kier molecular flexibility index (Phi) is 12.9. The molecule has 0 aliphatic heterocycles. The van der Waals surface area contributed by atoms with Gasteiger partial charge in [-0.3, -0.25) is 19.2 Å². The van der Waals surface area contributed by atoms with Gasteiger partial charge in [0.1, 0.15) is 18.7 Å². The van der Waals surface area contributed by atoms with Crippen LogP contribution in [-0.2, 0) is 36.9 Å². The lowest BCUT2D eigenvalue weighted by Crippen LogP contribution is -2.51. The van der Waals surface area contributed by atoms with Crippen molar-refractivity contribution in [1.29, 1.82) is 0 Å². The molecule has 3 rings (SSSR count). The van der Waals surface area contributed by atoms with E-state index in [1.165, 1.54) is 0 Å². The molecule has 0 spiro atoms. The van der Waals surface area contributed by atoms with Crippen molar-refractivity contribution in [1.82, 2.24) is 16.0 Å². The molecule has 0 unspecified atom stereocenters. The van der Waals surface area contributed by atoms with Gasteiger partial charge in [0.05, 0.1) is 18.6 Å². The van der Waals surface area contributed by atoms with Crippen LogP contribution in [0.3, 0.4) is 0 Å². The van der Waals surface area contributed by atoms with Crippen LogP contribution in [0.5, 0.6) is 0 Å². The van der Waals surface area contributed by atoms with E-state index in [2.05, 4.69) is 16.0 Å². The van der Waals surface area contributed by atoms with Gasteiger partial charge in [0, 0.05) is 6.42 Å². The molecule has 232 valence electrons. The van der Waals surface area contributed by atoms with Crippen LogP contribution in [0.2, 0.25) is 0 Å². The molecule has 0 aromatic heterocycles. The minimum Gasteiger partial charge on any atom is -0.481 e. The summed E-state index contributed by atoms with van der Waals surface area (Å²) in [5, 5.41) is 27.7. The van der Waals surface area contributed by atoms with E-state index in [0.717, 1.165) is 11.1 Å². The smallest absolute Gasteiger partial charge is 0.407 e. The standard InChI is InChI=1S/C32H36N4O8/c33-30(41)29(23-14-8-3-9-15-23)36-31(42)24(16-17-28(39)40)34-27(38)19-26(37)25(18-21-10-4-1-5-11-21)35-32(43)44-20-22-12-6-2-7-13-22/h1-15,24-26,29,37H,16-20H2,(H2,33,41)(H,34,38)(H,35,43)(H,36,42)(H,39,40)/t24-,25-,26-,29-/m0/s1. The number of carbonyl (C=O) groups is 5. The number of amides is 4. The number of aliphatic carboxylic acids is 1. The predicted octanol–water partition coefficient (Wildman–Crippen LogP) is 1.97. The van der Waals surface area contributed by atoms with Gasteiger partial charge in [-0.25, -0.2) is 4.79 Å². The van der Waals surface area contributed by atoms with Crippen LogP contribution in [0.25, 0.3) is 0 Å². The molecular weight excluding hydrogens is 568 g/mol. The lowest BCUT2D eigenvalue weighted by atomic mass is 9.98. The van der Waals surface area contributed by atoms with Gasteiger partial charge in [0.15, 0.2) is 0 Å². The molecule has 3 aromatic rings. The van der Waals surface area contributed by atoms with Crippen molar-refractivity contribution in [3.8, 4) is 0 Å². The molecule has 0 bridgehead atoms. The molecule has 4 amide bonds. The van der Waals surface area contributed by atoms with Crippen molar-refractivity contribution in [2.45, 2.75) is 56.5 Å². The number of ether oxygens (including phenoxy) is 1. The molecule has 12 heteroatoms. The lowest BCUT2D eigenvalue weighted by Gasteiger charge is -2.25. The molecule has 0 heterocycles. The minimum absolute atomic E-state index is 0.00302. The number of aliphatic hydroxyl groups is 1. The van der Waals surface area contributed by atoms with E-state index in [-0.39, 0.29) is 19.4 Å². The van der Waals surface area contributed by atoms with Crippen LogP contribution in [0, 0.1) is 0 Å². The topological polar surface area (TPSA) is 197 Å². The average molecular weight is 605 g/mol. The molecular formula is C32H36N4O8. The highest BCUT2D eigenvalue weighted by Crippen LogP contribution is 2.14. The molecule has 0 radical (unpaired) electrons. The second kappa shape index (κ2) is 17.0. The Morgan fingerprint density at radius 3 is 1.91 bits per heavy atom. The van der Waals surface area contributed by atoms with Gasteiger partial charge in [-0.2, -0.15) is 0 Å². The van der Waals surface area contributed by atoms with Crippen molar-refractivity contribution in [3.63, 3.8) is 0 Å². The summed E-state index contributed by atoms with van der Waals surface area (Å²) in [7, 11) is 0. The SMILES string of the molecule is NC(=O)[C@@H](NC(=O)[C@H](CCC(=O)O)NC(=O)C[C@H](O)[C@H](Cc1ccccc1)NC(=O)OCc1ccccc1)c1ccccc1. The van der Waals surface area contributed by atoms with Crippen LogP contribution in [0.1, 0.15) is 42.0 Å². The van der Waals surface area contributed by atoms with Gasteiger partial charge >= 0.3 is 12.1 Å². The number of carboxylic acids is 1. The third-order valence-electron chi connectivity index (χ3n) is 6.68. The Bertz CT molecular complexity index is 1390. The summed E-state index contributed by atoms with van der Waals surface area (Å²) in [4.78, 5) is 62.1. The number of carbonyl (C=O) groups excluding carboxylic acids is 4. The number of hydrogen-bond donors (Lipinski definition) is 6. The first-order chi connectivity index (χ1) is 21.1. The highest BCUT2D eigenvalue weighted by Gasteiger charge is 2.30. The number of nitrogens with one attached hydrogen (secondary N) is 3. The number of hydrogen-bond acceptors (Lipinski definition) is 7. The third kappa shape index (κ3) is 11.2. The fourth-order valence-electron chi connectivity index (χ4n) is 4.40. The number of alkyl carbamates (subject to hydrolysis) is 1. The zero-order valence-electron chi connectivity index (χ0n) is 23.9. The highest BCUT2D eigenvalue weighted by molar-refractivity contribution is 5.92. The molecule has 0 fully saturated rings. The molecule has 3 aromatic carbocycles. The van der Waals surface area contributed by atoms with Crippen molar-refractivity contribution in [2.75, 3.05) is 0 Å². The quantitative estimate of drug-likeness (QED) is 0.143.